The molecule has 11 nitrogen and oxygen atoms in total. The number of carbonyl (C=O) groups is 2. The van der Waals surface area contributed by atoms with Crippen molar-refractivity contribution < 1.29 is 32.1 Å². The van der Waals surface area contributed by atoms with Crippen LogP contribution in [0.5, 0.6) is 0 Å². The highest BCUT2D eigenvalue weighted by atomic mass is 32.2. The second-order valence-electron chi connectivity index (χ2n) is 11.4. The van der Waals surface area contributed by atoms with Crippen molar-refractivity contribution in [2.24, 2.45) is 0 Å². The van der Waals surface area contributed by atoms with Gasteiger partial charge in [-0.3, -0.25) is 4.79 Å². The fraction of sp³-hybridized carbons (Fsp3) is 0.739. The summed E-state index contributed by atoms with van der Waals surface area (Å²) in [5.74, 6) is -0.677. The lowest BCUT2D eigenvalue weighted by molar-refractivity contribution is -0.133. The van der Waals surface area contributed by atoms with Crippen molar-refractivity contribution in [3.05, 3.63) is 12.4 Å². The summed E-state index contributed by atoms with van der Waals surface area (Å²) in [6.45, 7) is 14.8. The molecular weight excluding hydrogens is 487 g/mol. The van der Waals surface area contributed by atoms with Crippen LogP contribution in [0.2, 0.25) is 0 Å². The van der Waals surface area contributed by atoms with Crippen LogP contribution < -0.4 is 10.8 Å². The highest BCUT2D eigenvalue weighted by molar-refractivity contribution is 7.91. The van der Waals surface area contributed by atoms with Crippen LogP contribution in [0.1, 0.15) is 68.2 Å². The second-order valence-corrected chi connectivity index (χ2v) is 13.3. The van der Waals surface area contributed by atoms with Crippen LogP contribution in [-0.2, 0) is 28.7 Å². The van der Waals surface area contributed by atoms with E-state index in [-0.39, 0.29) is 16.8 Å². The van der Waals surface area contributed by atoms with Crippen molar-refractivity contribution in [3.63, 3.8) is 0 Å². The molecule has 2 unspecified atom stereocenters. The number of rotatable bonds is 6. The molecule has 1 N–H and O–H groups in total. The number of hydrogen-bond donors (Lipinski definition) is 1. The zero-order valence-corrected chi connectivity index (χ0v) is 23.1. The fourth-order valence-electron chi connectivity index (χ4n) is 4.01. The molecule has 0 bridgehead atoms. The number of nitrogens with one attached hydrogen (secondary N) is 1. The molecule has 1 aromatic rings. The van der Waals surface area contributed by atoms with E-state index in [0.29, 0.717) is 24.8 Å². The lowest BCUT2D eigenvalue weighted by Crippen LogP contribution is -2.50. The molecule has 2 aliphatic heterocycles. The van der Waals surface area contributed by atoms with Crippen LogP contribution in [0.25, 0.3) is 0 Å². The van der Waals surface area contributed by atoms with Gasteiger partial charge in [0.1, 0.15) is 11.6 Å². The summed E-state index contributed by atoms with van der Waals surface area (Å²) in [5.41, 5.74) is -1.27. The first-order chi connectivity index (χ1) is 16.4. The van der Waals surface area contributed by atoms with Gasteiger partial charge in [-0.25, -0.2) is 23.2 Å². The predicted molar refractivity (Wildman–Crippen MR) is 133 cm³/mol. The molecule has 3 heterocycles. The number of ether oxygens (including phenoxy) is 1. The maximum Gasteiger partial charge on any atom is 0.498 e. The standard InChI is InChI=1S/C23H37BN4O7S/c1-15(27-20(30)33-21(2,3)4)18(29)28-11-9-10-17(28)14-36(31,32)19-25-12-16(13-26-19)24-34-22(5,6)23(7,8)35-24/h12-13,15,17H,9-11,14H2,1-8H3,(H,27,30). The van der Waals surface area contributed by atoms with Gasteiger partial charge in [0.2, 0.25) is 20.9 Å². The van der Waals surface area contributed by atoms with Gasteiger partial charge >= 0.3 is 13.2 Å². The van der Waals surface area contributed by atoms with Crippen LogP contribution in [0, 0.1) is 0 Å². The minimum absolute atomic E-state index is 0.312. The molecule has 1 aromatic heterocycles. The maximum absolute atomic E-state index is 13.1. The molecule has 3 rings (SSSR count). The molecule has 2 fully saturated rings. The normalized spacial score (nSPS) is 22.4. The number of hydrogen-bond acceptors (Lipinski definition) is 9. The van der Waals surface area contributed by atoms with E-state index < -0.39 is 51.9 Å². The van der Waals surface area contributed by atoms with E-state index in [2.05, 4.69) is 15.3 Å². The zero-order chi connectivity index (χ0) is 27.1. The Hall–Kier alpha value is -2.25. The van der Waals surface area contributed by atoms with Gasteiger partial charge in [-0.15, -0.1) is 0 Å². The van der Waals surface area contributed by atoms with Crippen molar-refractivity contribution in [3.8, 4) is 0 Å². The maximum atomic E-state index is 13.1. The van der Waals surface area contributed by atoms with Gasteiger partial charge < -0.3 is 24.3 Å². The third-order valence-corrected chi connectivity index (χ3v) is 8.22. The Morgan fingerprint density at radius 3 is 2.28 bits per heavy atom. The molecule has 13 heteroatoms. The Balaban J connectivity index is 1.65. The van der Waals surface area contributed by atoms with Gasteiger partial charge in [0.15, 0.2) is 0 Å². The second kappa shape index (κ2) is 9.90. The lowest BCUT2D eigenvalue weighted by Gasteiger charge is -2.32. The summed E-state index contributed by atoms with van der Waals surface area (Å²) >= 11 is 0. The third-order valence-electron chi connectivity index (χ3n) is 6.63. The summed E-state index contributed by atoms with van der Waals surface area (Å²) in [7, 11) is -4.58. The van der Waals surface area contributed by atoms with Crippen LogP contribution in [0.4, 0.5) is 4.79 Å². The fourth-order valence-corrected chi connectivity index (χ4v) is 5.44. The van der Waals surface area contributed by atoms with Crippen molar-refractivity contribution >= 4 is 34.4 Å². The van der Waals surface area contributed by atoms with Gasteiger partial charge in [0.25, 0.3) is 0 Å². The quantitative estimate of drug-likeness (QED) is 0.433. The number of nitrogens with zero attached hydrogens (tertiary/aromatic N) is 3. The average Bonchev–Trinajstić information content (AvgIpc) is 3.26. The van der Waals surface area contributed by atoms with E-state index in [1.54, 1.807) is 27.7 Å². The molecule has 36 heavy (non-hydrogen) atoms. The Labute approximate surface area is 213 Å². The predicted octanol–water partition coefficient (Wildman–Crippen LogP) is 1.45. The van der Waals surface area contributed by atoms with Crippen LogP contribution in [0.15, 0.2) is 17.6 Å². The molecule has 0 aromatic carbocycles. The first-order valence-corrected chi connectivity index (χ1v) is 13.8. The summed E-state index contributed by atoms with van der Waals surface area (Å²) < 4.78 is 43.3. The molecule has 200 valence electrons. The minimum Gasteiger partial charge on any atom is -0.444 e. The number of likely N-dealkylation sites (tertiary alicyclic amines) is 1. The summed E-state index contributed by atoms with van der Waals surface area (Å²) in [5, 5.41) is 2.20. The van der Waals surface area contributed by atoms with Crippen molar-refractivity contribution in [2.75, 3.05) is 12.3 Å². The molecule has 0 saturated carbocycles. The molecular formula is C23H37BN4O7S. The molecule has 2 amide bonds. The number of amides is 2. The number of aromatic nitrogens is 2. The van der Waals surface area contributed by atoms with Gasteiger partial charge in [-0.05, 0) is 68.2 Å². The molecule has 0 spiro atoms. The van der Waals surface area contributed by atoms with E-state index in [4.69, 9.17) is 14.0 Å². The molecule has 0 aliphatic carbocycles. The van der Waals surface area contributed by atoms with E-state index in [1.807, 2.05) is 27.7 Å². The summed E-state index contributed by atoms with van der Waals surface area (Å²) in [6.07, 6.45) is 3.27. The number of carbonyl (C=O) groups excluding carboxylic acids is 2. The lowest BCUT2D eigenvalue weighted by atomic mass is 9.81. The number of alkyl carbamates (subject to hydrolysis) is 1. The van der Waals surface area contributed by atoms with Gasteiger partial charge in [0.05, 0.1) is 17.0 Å². The Bertz CT molecular complexity index is 1070. The third kappa shape index (κ3) is 6.35. The minimum atomic E-state index is -3.88. The van der Waals surface area contributed by atoms with Crippen LogP contribution in [0.3, 0.4) is 0 Å². The molecule has 2 atom stereocenters. The largest absolute Gasteiger partial charge is 0.498 e. The first-order valence-electron chi connectivity index (χ1n) is 12.1. The van der Waals surface area contributed by atoms with E-state index in [1.165, 1.54) is 17.3 Å². The topological polar surface area (TPSA) is 137 Å². The van der Waals surface area contributed by atoms with Gasteiger partial charge in [0, 0.05) is 30.4 Å². The Kier molecular flexibility index (Phi) is 7.79. The van der Waals surface area contributed by atoms with Crippen molar-refractivity contribution in [2.45, 2.75) is 102 Å². The van der Waals surface area contributed by atoms with Crippen LogP contribution >= 0.6 is 0 Å². The zero-order valence-electron chi connectivity index (χ0n) is 22.3. The van der Waals surface area contributed by atoms with Crippen LogP contribution in [-0.4, -0.2) is 83.6 Å². The first kappa shape index (κ1) is 28.3. The average molecular weight is 524 g/mol. The molecule has 0 radical (unpaired) electrons. The van der Waals surface area contributed by atoms with E-state index in [9.17, 15) is 18.0 Å². The molecule has 2 saturated heterocycles. The van der Waals surface area contributed by atoms with Crippen molar-refractivity contribution in [1.29, 1.82) is 0 Å². The summed E-state index contributed by atoms with van der Waals surface area (Å²) in [6, 6.07) is -1.41. The molecule has 2 aliphatic rings. The van der Waals surface area contributed by atoms with Gasteiger partial charge in [-0.2, -0.15) is 0 Å². The Morgan fingerprint density at radius 2 is 1.75 bits per heavy atom. The number of sulfone groups is 1. The van der Waals surface area contributed by atoms with Crippen molar-refractivity contribution in [1.82, 2.24) is 20.2 Å². The SMILES string of the molecule is CC(NC(=O)OC(C)(C)C)C(=O)N1CCCC1CS(=O)(=O)c1ncc(B2OC(C)(C)C(C)(C)O2)cn1. The highest BCUT2D eigenvalue weighted by Gasteiger charge is 2.52. The van der Waals surface area contributed by atoms with E-state index in [0.717, 1.165) is 0 Å². The van der Waals surface area contributed by atoms with E-state index >= 15 is 0 Å². The Morgan fingerprint density at radius 1 is 1.19 bits per heavy atom. The highest BCUT2D eigenvalue weighted by Crippen LogP contribution is 2.36. The summed E-state index contributed by atoms with van der Waals surface area (Å²) in [4.78, 5) is 34.7. The monoisotopic (exact) mass is 524 g/mol. The smallest absolute Gasteiger partial charge is 0.444 e. The van der Waals surface area contributed by atoms with Gasteiger partial charge in [-0.1, -0.05) is 0 Å².